The third-order valence-corrected chi connectivity index (χ3v) is 10.3. The predicted octanol–water partition coefficient (Wildman–Crippen LogP) is 6.01. The average Bonchev–Trinajstić information content (AvgIpc) is 3.32. The molecule has 0 radical (unpaired) electrons. The molecule has 1 saturated carbocycles. The number of halogens is 1. The predicted molar refractivity (Wildman–Crippen MR) is 156 cm³/mol. The van der Waals surface area contributed by atoms with E-state index in [0.29, 0.717) is 43.2 Å². The van der Waals surface area contributed by atoms with E-state index >= 15 is 0 Å². The summed E-state index contributed by atoms with van der Waals surface area (Å²) in [5.41, 5.74) is 3.10. The van der Waals surface area contributed by atoms with E-state index in [-0.39, 0.29) is 50.7 Å². The van der Waals surface area contributed by atoms with Crippen LogP contribution >= 0.6 is 23.4 Å². The van der Waals surface area contributed by atoms with Crippen LogP contribution in [-0.4, -0.2) is 57.6 Å². The van der Waals surface area contributed by atoms with Crippen molar-refractivity contribution >= 4 is 46.3 Å². The van der Waals surface area contributed by atoms with E-state index in [2.05, 4.69) is 5.32 Å². The van der Waals surface area contributed by atoms with Crippen LogP contribution in [-0.2, 0) is 4.74 Å². The van der Waals surface area contributed by atoms with Gasteiger partial charge in [-0.1, -0.05) is 36.4 Å². The zero-order chi connectivity index (χ0) is 28.7. The number of nitro benzene ring substituents is 2. The Morgan fingerprint density at radius 3 is 2.41 bits per heavy atom. The second-order valence-electron chi connectivity index (χ2n) is 10.4. The van der Waals surface area contributed by atoms with E-state index in [1.165, 1.54) is 30.0 Å². The van der Waals surface area contributed by atoms with Gasteiger partial charge in [0, 0.05) is 42.5 Å². The number of nitrogens with one attached hydrogen (secondary N) is 1. The number of para-hydroxylation sites is 2. The summed E-state index contributed by atoms with van der Waals surface area (Å²) in [4.78, 5) is 38.2. The monoisotopic (exact) mass is 594 g/mol. The minimum absolute atomic E-state index is 0.00356. The quantitative estimate of drug-likeness (QED) is 0.209. The maximum atomic E-state index is 13.7. The summed E-state index contributed by atoms with van der Waals surface area (Å²) in [6, 6.07) is 18.5. The van der Waals surface area contributed by atoms with Crippen molar-refractivity contribution in [3.8, 4) is 0 Å². The highest BCUT2D eigenvalue weighted by molar-refractivity contribution is 8.00. The highest BCUT2D eigenvalue weighted by Gasteiger charge is 2.51. The molecule has 2 fully saturated rings. The van der Waals surface area contributed by atoms with Crippen LogP contribution in [0.5, 0.6) is 0 Å². The fourth-order valence-electron chi connectivity index (χ4n) is 6.26. The number of nitro groups is 2. The maximum absolute atomic E-state index is 13.7. The second-order valence-corrected chi connectivity index (χ2v) is 12.2. The van der Waals surface area contributed by atoms with Gasteiger partial charge in [-0.2, -0.15) is 0 Å². The number of nitrogens with zero attached hydrogens (tertiary/aromatic N) is 3. The summed E-state index contributed by atoms with van der Waals surface area (Å²) in [6.07, 6.45) is 0.658. The number of hydrogen-bond donors (Lipinski definition) is 1. The number of rotatable bonds is 6. The Morgan fingerprint density at radius 2 is 1.71 bits per heavy atom. The highest BCUT2D eigenvalue weighted by Crippen LogP contribution is 2.58. The van der Waals surface area contributed by atoms with Crippen molar-refractivity contribution in [1.29, 1.82) is 0 Å². The molecule has 212 valence electrons. The van der Waals surface area contributed by atoms with E-state index in [0.717, 1.165) is 16.8 Å². The van der Waals surface area contributed by atoms with Gasteiger partial charge in [0.05, 0.1) is 50.6 Å². The summed E-state index contributed by atoms with van der Waals surface area (Å²) in [5.74, 6) is -0.250. The van der Waals surface area contributed by atoms with Crippen LogP contribution in [0.2, 0.25) is 0 Å². The van der Waals surface area contributed by atoms with E-state index < -0.39 is 4.92 Å². The van der Waals surface area contributed by atoms with E-state index in [1.54, 1.807) is 35.2 Å². The van der Waals surface area contributed by atoms with E-state index in [4.69, 9.17) is 16.3 Å². The van der Waals surface area contributed by atoms with Gasteiger partial charge >= 0.3 is 0 Å². The lowest BCUT2D eigenvalue weighted by atomic mass is 9.76. The molecule has 3 aromatic rings. The van der Waals surface area contributed by atoms with Gasteiger partial charge in [0.25, 0.3) is 17.3 Å². The van der Waals surface area contributed by atoms with Gasteiger partial charge in [0.2, 0.25) is 0 Å². The van der Waals surface area contributed by atoms with Crippen LogP contribution in [0.25, 0.3) is 0 Å². The molecule has 0 spiro atoms. The molecule has 6 rings (SSSR count). The van der Waals surface area contributed by atoms with Crippen molar-refractivity contribution in [3.05, 3.63) is 104 Å². The molecular formula is C29H27ClN4O6S. The Labute approximate surface area is 245 Å². The Bertz CT molecular complexity index is 1500. The second kappa shape index (κ2) is 11.3. The fourth-order valence-corrected chi connectivity index (χ4v) is 8.21. The molecule has 1 N–H and O–H groups in total. The smallest absolute Gasteiger partial charge is 0.282 e. The van der Waals surface area contributed by atoms with Gasteiger partial charge in [-0.3, -0.25) is 25.0 Å². The highest BCUT2D eigenvalue weighted by atomic mass is 35.5. The molecule has 0 aromatic heterocycles. The Hall–Kier alpha value is -3.67. The summed E-state index contributed by atoms with van der Waals surface area (Å²) in [6.45, 7) is 1.98. The number of thioether (sulfide) groups is 1. The van der Waals surface area contributed by atoms with Crippen LogP contribution in [0.15, 0.2) is 71.6 Å². The summed E-state index contributed by atoms with van der Waals surface area (Å²) in [7, 11) is 0. The van der Waals surface area contributed by atoms with Gasteiger partial charge < -0.3 is 15.0 Å². The first-order valence-electron chi connectivity index (χ1n) is 13.4. The normalized spacial score (nSPS) is 25.1. The third kappa shape index (κ3) is 5.13. The van der Waals surface area contributed by atoms with Crippen LogP contribution in [0, 0.1) is 26.1 Å². The molecule has 3 aromatic carbocycles. The number of carbonyl (C=O) groups excluding carboxylic acids is 1. The summed E-state index contributed by atoms with van der Waals surface area (Å²) >= 11 is 8.65. The number of anilines is 1. The molecule has 12 heteroatoms. The van der Waals surface area contributed by atoms with Crippen LogP contribution in [0.1, 0.15) is 39.9 Å². The van der Waals surface area contributed by atoms with Crippen molar-refractivity contribution in [2.45, 2.75) is 33.9 Å². The third-order valence-electron chi connectivity index (χ3n) is 8.18. The lowest BCUT2D eigenvalue weighted by molar-refractivity contribution is -0.387. The van der Waals surface area contributed by atoms with E-state index in [1.807, 2.05) is 18.2 Å². The number of hydrogen-bond acceptors (Lipinski definition) is 8. The van der Waals surface area contributed by atoms with E-state index in [9.17, 15) is 25.0 Å². The number of non-ortho nitro benzene ring substituents is 1. The molecule has 1 amide bonds. The SMILES string of the molecule is O=C(c1cccc2c1N[C@@H](c1ccc([N+](=O)[O-])cc1)[C@H]1C[C@@H](Sc3ccccc3[N+](=O)[O-])[C@@H](Cl)[C@@H]21)N1CCOCC1. The standard InChI is InChI=1S/C29H27ClN4O6S/c30-26-24(41-23-7-2-1-6-22(23)34(38)39)16-21-25(26)19-4-3-5-20(29(35)32-12-14-40-15-13-32)28(19)31-27(21)17-8-10-18(11-9-17)33(36)37/h1-11,21,24-27,31H,12-16H2/t21-,24+,25-,26+,27-/m0/s1. The number of alkyl halides is 1. The van der Waals surface area contributed by atoms with Crippen LogP contribution in [0.3, 0.4) is 0 Å². The lowest BCUT2D eigenvalue weighted by Gasteiger charge is -2.39. The van der Waals surface area contributed by atoms with Crippen molar-refractivity contribution < 1.29 is 19.4 Å². The first-order valence-corrected chi connectivity index (χ1v) is 14.7. The molecule has 2 aliphatic heterocycles. The largest absolute Gasteiger partial charge is 0.378 e. The van der Waals surface area contributed by atoms with Crippen molar-refractivity contribution in [1.82, 2.24) is 4.90 Å². The number of amides is 1. The Morgan fingerprint density at radius 1 is 0.976 bits per heavy atom. The van der Waals surface area contributed by atoms with Crippen molar-refractivity contribution in [2.75, 3.05) is 31.6 Å². The maximum Gasteiger partial charge on any atom is 0.282 e. The zero-order valence-corrected chi connectivity index (χ0v) is 23.4. The molecule has 2 heterocycles. The number of benzene rings is 3. The van der Waals surface area contributed by atoms with Crippen LogP contribution < -0.4 is 5.32 Å². The number of morpholine rings is 1. The average molecular weight is 595 g/mol. The van der Waals surface area contributed by atoms with Gasteiger partial charge in [-0.15, -0.1) is 23.4 Å². The first kappa shape index (κ1) is 27.5. The zero-order valence-electron chi connectivity index (χ0n) is 21.9. The topological polar surface area (TPSA) is 128 Å². The molecule has 5 atom stereocenters. The van der Waals surface area contributed by atoms with Gasteiger partial charge in [-0.25, -0.2) is 0 Å². The first-order chi connectivity index (χ1) is 19.8. The van der Waals surface area contributed by atoms with Gasteiger partial charge in [-0.05, 0) is 35.6 Å². The molecule has 0 unspecified atom stereocenters. The minimum Gasteiger partial charge on any atom is -0.378 e. The molecule has 10 nitrogen and oxygen atoms in total. The molecule has 0 bridgehead atoms. The van der Waals surface area contributed by atoms with Crippen molar-refractivity contribution in [3.63, 3.8) is 0 Å². The van der Waals surface area contributed by atoms with Gasteiger partial charge in [0.15, 0.2) is 0 Å². The lowest BCUT2D eigenvalue weighted by Crippen LogP contribution is -2.41. The molecular weight excluding hydrogens is 568 g/mol. The Balaban J connectivity index is 1.40. The van der Waals surface area contributed by atoms with Crippen LogP contribution in [0.4, 0.5) is 17.1 Å². The number of fused-ring (bicyclic) bond motifs is 3. The summed E-state index contributed by atoms with van der Waals surface area (Å²) < 4.78 is 5.43. The number of ether oxygens (including phenoxy) is 1. The molecule has 1 saturated heterocycles. The molecule has 1 aliphatic carbocycles. The molecule has 3 aliphatic rings. The molecule has 41 heavy (non-hydrogen) atoms. The summed E-state index contributed by atoms with van der Waals surface area (Å²) in [5, 5.41) is 26.1. The van der Waals surface area contributed by atoms with Gasteiger partial charge in [0.1, 0.15) is 0 Å². The minimum atomic E-state index is -0.431. The number of carbonyl (C=O) groups is 1. The van der Waals surface area contributed by atoms with Crippen molar-refractivity contribution in [2.24, 2.45) is 5.92 Å². The fraction of sp³-hybridized carbons (Fsp3) is 0.345. The Kier molecular flexibility index (Phi) is 7.58.